The van der Waals surface area contributed by atoms with Gasteiger partial charge in [0.15, 0.2) is 0 Å². The van der Waals surface area contributed by atoms with Crippen molar-refractivity contribution < 1.29 is 42.5 Å². The first-order valence-electron chi connectivity index (χ1n) is 11.7. The van der Waals surface area contributed by atoms with E-state index in [0.717, 1.165) is 0 Å². The molecule has 0 atom stereocenters. The van der Waals surface area contributed by atoms with Crippen LogP contribution in [0.1, 0.15) is 20.9 Å². The Bertz CT molecular complexity index is 1430. The minimum atomic E-state index is -1.03. The number of hydrogen-bond donors (Lipinski definition) is 5. The lowest BCUT2D eigenvalue weighted by molar-refractivity contribution is 0.0662. The predicted molar refractivity (Wildman–Crippen MR) is 152 cm³/mol. The molecule has 13 heteroatoms. The van der Waals surface area contributed by atoms with Crippen molar-refractivity contribution in [3.8, 4) is 23.0 Å². The molecule has 0 fully saturated rings. The standard InChI is InChI=1S/C15H15FN2O3.C8H12N2O2.C5H4O3/c1-20-13-8-12(14(21-2)7-11(13)17)18-15(19)9-5-3-4-6-10(9)16;1-11-7-3-6(10)8(12-2)4-5(7)9;6-5(7)4-2-1-3-8-4/h3-8H,17H2,1-2H3,(H,18,19);3-4H,9-10H2,1-2H3;1-3H,(H,6,7). The summed E-state index contributed by atoms with van der Waals surface area (Å²) in [4.78, 5) is 22.1. The second-order valence-corrected chi connectivity index (χ2v) is 7.85. The number of anilines is 4. The highest BCUT2D eigenvalue weighted by molar-refractivity contribution is 6.05. The number of nitrogen functional groups attached to an aromatic ring is 3. The van der Waals surface area contributed by atoms with Gasteiger partial charge in [-0.1, -0.05) is 12.1 Å². The molecule has 0 unspecified atom stereocenters. The maximum Gasteiger partial charge on any atom is 0.371 e. The van der Waals surface area contributed by atoms with Crippen molar-refractivity contribution in [2.24, 2.45) is 0 Å². The average Bonchev–Trinajstić information content (AvgIpc) is 3.51. The molecule has 12 nitrogen and oxygen atoms in total. The fourth-order valence-electron chi connectivity index (χ4n) is 3.20. The van der Waals surface area contributed by atoms with E-state index in [-0.39, 0.29) is 11.3 Å². The molecule has 41 heavy (non-hydrogen) atoms. The van der Waals surface area contributed by atoms with E-state index in [1.165, 1.54) is 77.2 Å². The number of methoxy groups -OCH3 is 4. The minimum absolute atomic E-state index is 0.0231. The lowest BCUT2D eigenvalue weighted by Gasteiger charge is -2.13. The summed E-state index contributed by atoms with van der Waals surface area (Å²) in [5.74, 6) is -0.367. The first kappa shape index (κ1) is 31.6. The molecule has 0 aliphatic carbocycles. The number of carboxylic acids is 1. The van der Waals surface area contributed by atoms with Gasteiger partial charge in [0, 0.05) is 24.3 Å². The molecule has 8 N–H and O–H groups in total. The lowest BCUT2D eigenvalue weighted by atomic mass is 10.2. The lowest BCUT2D eigenvalue weighted by Crippen LogP contribution is -2.14. The van der Waals surface area contributed by atoms with Crippen molar-refractivity contribution in [1.82, 2.24) is 0 Å². The molecule has 0 saturated heterocycles. The van der Waals surface area contributed by atoms with Gasteiger partial charge < -0.3 is 51.0 Å². The number of hydrogen-bond acceptors (Lipinski definition) is 10. The van der Waals surface area contributed by atoms with Crippen molar-refractivity contribution >= 4 is 34.6 Å². The third-order valence-electron chi connectivity index (χ3n) is 5.23. The fraction of sp³-hybridized carbons (Fsp3) is 0.143. The second kappa shape index (κ2) is 15.1. The molecule has 0 aliphatic rings. The van der Waals surface area contributed by atoms with Crippen LogP contribution in [-0.4, -0.2) is 45.4 Å². The monoisotopic (exact) mass is 570 g/mol. The first-order valence-corrected chi connectivity index (χ1v) is 11.7. The summed E-state index contributed by atoms with van der Waals surface area (Å²) in [7, 11) is 5.98. The van der Waals surface area contributed by atoms with Crippen LogP contribution in [0.3, 0.4) is 0 Å². The first-order chi connectivity index (χ1) is 19.6. The summed E-state index contributed by atoms with van der Waals surface area (Å²) in [6.07, 6.45) is 1.32. The normalized spacial score (nSPS) is 9.68. The van der Waals surface area contributed by atoms with E-state index in [9.17, 15) is 14.0 Å². The van der Waals surface area contributed by atoms with Gasteiger partial charge in [0.05, 0.1) is 63.0 Å². The van der Waals surface area contributed by atoms with E-state index >= 15 is 0 Å². The quantitative estimate of drug-likeness (QED) is 0.196. The molecular formula is C28H31FN4O8. The number of carbonyl (C=O) groups excluding carboxylic acids is 1. The molecule has 0 spiro atoms. The smallest absolute Gasteiger partial charge is 0.371 e. The average molecular weight is 571 g/mol. The Hall–Kier alpha value is -5.59. The molecule has 1 amide bonds. The van der Waals surface area contributed by atoms with Crippen molar-refractivity contribution in [1.29, 1.82) is 0 Å². The number of carboxylic acid groups (broad SMARTS) is 1. The van der Waals surface area contributed by atoms with E-state index in [1.807, 2.05) is 0 Å². The Morgan fingerprint density at radius 3 is 1.66 bits per heavy atom. The highest BCUT2D eigenvalue weighted by Crippen LogP contribution is 2.35. The number of amides is 1. The third kappa shape index (κ3) is 8.71. The largest absolute Gasteiger partial charge is 0.495 e. The topological polar surface area (TPSA) is 195 Å². The van der Waals surface area contributed by atoms with Gasteiger partial charge in [-0.25, -0.2) is 9.18 Å². The van der Waals surface area contributed by atoms with Crippen molar-refractivity contribution in [3.05, 3.63) is 84.1 Å². The summed E-state index contributed by atoms with van der Waals surface area (Å²) in [5, 5.41) is 10.8. The number of carbonyl (C=O) groups is 2. The molecule has 218 valence electrons. The zero-order valence-electron chi connectivity index (χ0n) is 22.8. The van der Waals surface area contributed by atoms with Crippen LogP contribution in [0, 0.1) is 5.82 Å². The van der Waals surface area contributed by atoms with Gasteiger partial charge in [0.2, 0.25) is 5.76 Å². The fourth-order valence-corrected chi connectivity index (χ4v) is 3.20. The summed E-state index contributed by atoms with van der Waals surface area (Å²) >= 11 is 0. The van der Waals surface area contributed by atoms with E-state index in [0.29, 0.717) is 45.7 Å². The Balaban J connectivity index is 0.000000246. The second-order valence-electron chi connectivity index (χ2n) is 7.85. The van der Waals surface area contributed by atoms with E-state index in [1.54, 1.807) is 18.2 Å². The summed E-state index contributed by atoms with van der Waals surface area (Å²) in [6, 6.07) is 14.9. The third-order valence-corrected chi connectivity index (χ3v) is 5.23. The number of ether oxygens (including phenoxy) is 4. The molecule has 4 aromatic rings. The minimum Gasteiger partial charge on any atom is -0.495 e. The summed E-state index contributed by atoms with van der Waals surface area (Å²) in [6.45, 7) is 0. The van der Waals surface area contributed by atoms with Crippen LogP contribution in [0.15, 0.2) is 71.3 Å². The molecule has 1 aromatic heterocycles. The van der Waals surface area contributed by atoms with Crippen LogP contribution in [0.5, 0.6) is 23.0 Å². The Morgan fingerprint density at radius 2 is 1.24 bits per heavy atom. The van der Waals surface area contributed by atoms with Gasteiger partial charge in [-0.2, -0.15) is 0 Å². The maximum atomic E-state index is 13.6. The number of halogens is 1. The van der Waals surface area contributed by atoms with E-state index < -0.39 is 17.7 Å². The van der Waals surface area contributed by atoms with E-state index in [4.69, 9.17) is 41.3 Å². The Labute approximate surface area is 235 Å². The van der Waals surface area contributed by atoms with Crippen molar-refractivity contribution in [3.63, 3.8) is 0 Å². The Morgan fingerprint density at radius 1 is 0.756 bits per heavy atom. The molecule has 0 radical (unpaired) electrons. The van der Waals surface area contributed by atoms with Crippen LogP contribution in [0.25, 0.3) is 0 Å². The molecule has 4 rings (SSSR count). The number of furan rings is 1. The molecule has 0 aliphatic heterocycles. The summed E-state index contributed by atoms with van der Waals surface area (Å²) in [5.41, 5.74) is 18.7. The van der Waals surface area contributed by atoms with Crippen molar-refractivity contribution in [2.75, 3.05) is 51.0 Å². The van der Waals surface area contributed by atoms with Gasteiger partial charge in [-0.3, -0.25) is 4.79 Å². The zero-order chi connectivity index (χ0) is 30.5. The number of nitrogens with one attached hydrogen (secondary N) is 1. The maximum absolute atomic E-state index is 13.6. The van der Waals surface area contributed by atoms with Crippen LogP contribution < -0.4 is 41.5 Å². The molecule has 1 heterocycles. The molecule has 0 bridgehead atoms. The van der Waals surface area contributed by atoms with Crippen LogP contribution >= 0.6 is 0 Å². The SMILES string of the molecule is COc1cc(N)c(OC)cc1N.COc1cc(NC(=O)c2ccccc2F)c(OC)cc1N.O=C(O)c1ccco1. The number of benzene rings is 3. The highest BCUT2D eigenvalue weighted by Gasteiger charge is 2.15. The van der Waals surface area contributed by atoms with E-state index in [2.05, 4.69) is 9.73 Å². The van der Waals surface area contributed by atoms with Gasteiger partial charge >= 0.3 is 5.97 Å². The van der Waals surface area contributed by atoms with Crippen LogP contribution in [0.4, 0.5) is 27.1 Å². The number of rotatable bonds is 7. The van der Waals surface area contributed by atoms with Gasteiger partial charge in [-0.05, 0) is 24.3 Å². The molecular weight excluding hydrogens is 539 g/mol. The number of nitrogens with two attached hydrogens (primary N) is 3. The Kier molecular flexibility index (Phi) is 11.7. The zero-order valence-corrected chi connectivity index (χ0v) is 22.8. The number of aromatic carboxylic acids is 1. The highest BCUT2D eigenvalue weighted by atomic mass is 19.1. The predicted octanol–water partition coefficient (Wildman–Crippen LogP) is 4.52. The van der Waals surface area contributed by atoms with Crippen molar-refractivity contribution in [2.45, 2.75) is 0 Å². The van der Waals surface area contributed by atoms with Crippen LogP contribution in [-0.2, 0) is 0 Å². The summed E-state index contributed by atoms with van der Waals surface area (Å²) < 4.78 is 38.3. The molecule has 0 saturated carbocycles. The van der Waals surface area contributed by atoms with Gasteiger partial charge in [0.1, 0.15) is 28.8 Å². The van der Waals surface area contributed by atoms with Gasteiger partial charge in [0.25, 0.3) is 5.91 Å². The van der Waals surface area contributed by atoms with Gasteiger partial charge in [-0.15, -0.1) is 0 Å². The van der Waals surface area contributed by atoms with Crippen LogP contribution in [0.2, 0.25) is 0 Å². The molecule has 3 aromatic carbocycles.